The van der Waals surface area contributed by atoms with E-state index in [1.165, 1.54) is 5.57 Å². The van der Waals surface area contributed by atoms with E-state index >= 15 is 0 Å². The molecule has 0 bridgehead atoms. The molecule has 0 saturated carbocycles. The molecular weight excluding hydrogens is 396 g/mol. The second kappa shape index (κ2) is 11.3. The van der Waals surface area contributed by atoms with E-state index in [1.54, 1.807) is 0 Å². The van der Waals surface area contributed by atoms with E-state index in [0.29, 0.717) is 18.3 Å². The monoisotopic (exact) mass is 432 g/mol. The van der Waals surface area contributed by atoms with E-state index in [9.17, 15) is 14.7 Å². The molecule has 7 atom stereocenters. The van der Waals surface area contributed by atoms with E-state index in [2.05, 4.69) is 25.2 Å². The van der Waals surface area contributed by atoms with Gasteiger partial charge in [0.25, 0.3) is 0 Å². The number of esters is 2. The number of aliphatic hydroxyl groups excluding tert-OH is 1. The molecule has 1 fully saturated rings. The van der Waals surface area contributed by atoms with Crippen LogP contribution in [-0.4, -0.2) is 73.1 Å². The summed E-state index contributed by atoms with van der Waals surface area (Å²) < 4.78 is 11.4. The van der Waals surface area contributed by atoms with Gasteiger partial charge in [0.2, 0.25) is 0 Å². The predicted octanol–water partition coefficient (Wildman–Crippen LogP) is 3.03. The van der Waals surface area contributed by atoms with Crippen molar-refractivity contribution in [2.75, 3.05) is 0 Å². The van der Waals surface area contributed by atoms with Gasteiger partial charge in [-0.3, -0.25) is 9.59 Å². The van der Waals surface area contributed by atoms with Crippen LogP contribution in [0.1, 0.15) is 65.7 Å². The molecule has 29 heavy (non-hydrogen) atoms. The number of allylic oxidation sites excluding steroid dienone is 3. The van der Waals surface area contributed by atoms with Crippen LogP contribution in [0.3, 0.4) is 0 Å². The average Bonchev–Trinajstić information content (AvgIpc) is 2.66. The van der Waals surface area contributed by atoms with Gasteiger partial charge in [-0.1, -0.05) is 39.0 Å². The third kappa shape index (κ3) is 6.32. The van der Waals surface area contributed by atoms with E-state index in [-0.39, 0.29) is 80.1 Å². The summed E-state index contributed by atoms with van der Waals surface area (Å²) in [6, 6.07) is 0. The molecule has 6 heteroatoms. The Morgan fingerprint density at radius 2 is 2.14 bits per heavy atom. The molecule has 0 amide bonds. The van der Waals surface area contributed by atoms with Crippen molar-refractivity contribution in [3.8, 4) is 0 Å². The molecule has 0 unspecified atom stereocenters. The van der Waals surface area contributed by atoms with Crippen molar-refractivity contribution in [1.82, 2.24) is 0 Å². The van der Waals surface area contributed by atoms with Crippen molar-refractivity contribution in [2.45, 2.75) is 84.0 Å². The van der Waals surface area contributed by atoms with Gasteiger partial charge in [0.05, 0.1) is 18.4 Å². The zero-order valence-corrected chi connectivity index (χ0v) is 17.3. The van der Waals surface area contributed by atoms with Crippen LogP contribution in [0.15, 0.2) is 23.8 Å². The molecule has 3 rings (SSSR count). The number of carbonyl (C=O) groups is 2. The summed E-state index contributed by atoms with van der Waals surface area (Å²) in [5, 5.41) is 9.86. The van der Waals surface area contributed by atoms with Gasteiger partial charge < -0.3 is 14.6 Å². The van der Waals surface area contributed by atoms with E-state index < -0.39 is 6.10 Å². The van der Waals surface area contributed by atoms with Crippen molar-refractivity contribution in [3.05, 3.63) is 23.8 Å². The number of ether oxygens (including phenoxy) is 2. The third-order valence-electron chi connectivity index (χ3n) is 6.69. The fourth-order valence-corrected chi connectivity index (χ4v) is 4.80. The molecule has 1 heterocycles. The molecule has 2 aliphatic carbocycles. The van der Waals surface area contributed by atoms with Gasteiger partial charge in [0.15, 0.2) is 0 Å². The number of cyclic esters (lactones) is 1. The molecule has 0 aromatic heterocycles. The van der Waals surface area contributed by atoms with Crippen molar-refractivity contribution in [1.29, 1.82) is 0 Å². The first-order valence-corrected chi connectivity index (χ1v) is 10.8. The zero-order chi connectivity index (χ0) is 20.3. The molecule has 160 valence electrons. The Labute approximate surface area is 204 Å². The fraction of sp³-hybridized carbons (Fsp3) is 0.739. The molecule has 0 aromatic rings. The van der Waals surface area contributed by atoms with Gasteiger partial charge in [-0.2, -0.15) is 0 Å². The first-order chi connectivity index (χ1) is 13.4. The van der Waals surface area contributed by atoms with Crippen LogP contribution in [0.25, 0.3) is 0 Å². The topological polar surface area (TPSA) is 72.8 Å². The second-order valence-corrected chi connectivity index (χ2v) is 8.76. The Hall–Kier alpha value is -0.360. The minimum absolute atomic E-state index is 0. The van der Waals surface area contributed by atoms with Crippen LogP contribution in [0.5, 0.6) is 0 Å². The summed E-state index contributed by atoms with van der Waals surface area (Å²) in [5.74, 6) is 0.426. The Kier molecular flexibility index (Phi) is 9.72. The summed E-state index contributed by atoms with van der Waals surface area (Å²) >= 11 is 0. The first kappa shape index (κ1) is 24.9. The van der Waals surface area contributed by atoms with E-state index in [1.807, 2.05) is 13.8 Å². The summed E-state index contributed by atoms with van der Waals surface area (Å²) in [4.78, 5) is 24.1. The van der Waals surface area contributed by atoms with Gasteiger partial charge >= 0.3 is 49.7 Å². The average molecular weight is 433 g/mol. The van der Waals surface area contributed by atoms with Crippen LogP contribution in [0.2, 0.25) is 0 Å². The van der Waals surface area contributed by atoms with Crippen LogP contribution < -0.4 is 0 Å². The van der Waals surface area contributed by atoms with Gasteiger partial charge in [-0.15, -0.1) is 0 Å². The summed E-state index contributed by atoms with van der Waals surface area (Å²) in [7, 11) is 0. The number of fused-ring (bicyclic) bond motifs is 1. The van der Waals surface area contributed by atoms with Gasteiger partial charge in [0.1, 0.15) is 12.2 Å². The second-order valence-electron chi connectivity index (χ2n) is 8.76. The molecule has 3 aliphatic rings. The maximum absolute atomic E-state index is 12.4. The number of hydrogen-bond donors (Lipinski definition) is 1. The van der Waals surface area contributed by atoms with Crippen LogP contribution in [0, 0.1) is 23.7 Å². The predicted molar refractivity (Wildman–Crippen MR) is 115 cm³/mol. The van der Waals surface area contributed by atoms with Crippen molar-refractivity contribution in [2.24, 2.45) is 23.7 Å². The van der Waals surface area contributed by atoms with Crippen molar-refractivity contribution >= 4 is 49.7 Å². The van der Waals surface area contributed by atoms with Crippen LogP contribution in [-0.2, 0) is 19.1 Å². The molecule has 1 saturated heterocycles. The molecule has 0 radical (unpaired) electrons. The fourth-order valence-electron chi connectivity index (χ4n) is 4.80. The first-order valence-electron chi connectivity index (χ1n) is 10.8. The Balaban J connectivity index is 0.00000300. The molecule has 0 aromatic carbocycles. The molecule has 1 N–H and O–H groups in total. The number of carbonyl (C=O) groups excluding carboxylic acids is 2. The molecule has 1 aliphatic heterocycles. The summed E-state index contributed by atoms with van der Waals surface area (Å²) in [6.07, 6.45) is 10.6. The SMILES string of the molecule is CC[C@H](C)C(=O)O[C@H]1CCC=C2C=C[C@H](C)[C@H](CC[C@@H]3C[C@@H](O)CC(=O)O3)[C@H]21.[CaH2]. The van der Waals surface area contributed by atoms with E-state index in [0.717, 1.165) is 32.1 Å². The molecular formula is C23H36CaO5. The number of rotatable bonds is 6. The standard InChI is InChI=1S/C23H34O5.Ca.2H/c1-4-14(2)23(26)28-20-7-5-6-16-9-8-15(3)19(22(16)20)11-10-18-12-17(24)13-21(25)27-18;;;/h6,8-9,14-15,17-20,22,24H,4-5,7,10-13H2,1-3H3;;;/t14-,15-,17+,18+,19-,20-,22-;;;/m0.../s1. The minimum atomic E-state index is -0.593. The summed E-state index contributed by atoms with van der Waals surface area (Å²) in [5.41, 5.74) is 1.27. The zero-order valence-electron chi connectivity index (χ0n) is 17.3. The molecule has 0 spiro atoms. The van der Waals surface area contributed by atoms with Gasteiger partial charge in [0, 0.05) is 12.3 Å². The van der Waals surface area contributed by atoms with Crippen molar-refractivity contribution < 1.29 is 24.2 Å². The van der Waals surface area contributed by atoms with E-state index in [4.69, 9.17) is 9.47 Å². The number of aliphatic hydroxyl groups is 1. The third-order valence-corrected chi connectivity index (χ3v) is 6.69. The van der Waals surface area contributed by atoms with Crippen LogP contribution >= 0.6 is 0 Å². The molecule has 5 nitrogen and oxygen atoms in total. The van der Waals surface area contributed by atoms with Crippen LogP contribution in [0.4, 0.5) is 0 Å². The Morgan fingerprint density at radius 1 is 1.38 bits per heavy atom. The summed E-state index contributed by atoms with van der Waals surface area (Å²) in [6.45, 7) is 6.14. The normalized spacial score (nSPS) is 34.9. The maximum atomic E-state index is 12.4. The Morgan fingerprint density at radius 3 is 2.83 bits per heavy atom. The van der Waals surface area contributed by atoms with Gasteiger partial charge in [-0.05, 0) is 49.5 Å². The quantitative estimate of drug-likeness (QED) is 0.516. The Bertz CT molecular complexity index is 643. The number of hydrogen-bond acceptors (Lipinski definition) is 5. The van der Waals surface area contributed by atoms with Crippen molar-refractivity contribution in [3.63, 3.8) is 0 Å². The van der Waals surface area contributed by atoms with Gasteiger partial charge in [-0.25, -0.2) is 0 Å².